The molecular formula is C17H20IN5. The largest absolute Gasteiger partial charge is 0.360 e. The quantitative estimate of drug-likeness (QED) is 0.531. The van der Waals surface area contributed by atoms with Gasteiger partial charge in [-0.2, -0.15) is 4.98 Å². The third-order valence-electron chi connectivity index (χ3n) is 3.38. The molecule has 0 radical (unpaired) electrons. The molecule has 0 saturated heterocycles. The van der Waals surface area contributed by atoms with E-state index in [0.717, 1.165) is 28.0 Å². The van der Waals surface area contributed by atoms with E-state index in [1.54, 1.807) is 0 Å². The van der Waals surface area contributed by atoms with Crippen LogP contribution in [0.5, 0.6) is 0 Å². The highest BCUT2D eigenvalue weighted by atomic mass is 127. The fourth-order valence-corrected chi connectivity index (χ4v) is 2.95. The molecule has 2 heterocycles. The fraction of sp³-hybridized carbons (Fsp3) is 0.294. The van der Waals surface area contributed by atoms with Gasteiger partial charge in [0.25, 0.3) is 0 Å². The van der Waals surface area contributed by atoms with Gasteiger partial charge in [0.1, 0.15) is 5.82 Å². The number of nitrogens with one attached hydrogen (secondary N) is 3. The van der Waals surface area contributed by atoms with Crippen molar-refractivity contribution in [3.05, 3.63) is 39.7 Å². The number of rotatable bonds is 3. The van der Waals surface area contributed by atoms with Crippen molar-refractivity contribution in [1.29, 1.82) is 0 Å². The number of anilines is 3. The molecule has 0 aliphatic rings. The average Bonchev–Trinajstić information content (AvgIpc) is 2.94. The van der Waals surface area contributed by atoms with E-state index < -0.39 is 0 Å². The van der Waals surface area contributed by atoms with Gasteiger partial charge in [-0.25, -0.2) is 4.98 Å². The van der Waals surface area contributed by atoms with Gasteiger partial charge in [-0.1, -0.05) is 0 Å². The summed E-state index contributed by atoms with van der Waals surface area (Å²) in [4.78, 5) is 12.3. The van der Waals surface area contributed by atoms with Crippen LogP contribution in [0.25, 0.3) is 10.9 Å². The van der Waals surface area contributed by atoms with Gasteiger partial charge in [-0.05, 0) is 68.5 Å². The van der Waals surface area contributed by atoms with Crippen LogP contribution >= 0.6 is 22.6 Å². The van der Waals surface area contributed by atoms with Crippen molar-refractivity contribution in [2.45, 2.75) is 33.2 Å². The number of aromatic amines is 1. The summed E-state index contributed by atoms with van der Waals surface area (Å²) in [5.41, 5.74) is 3.09. The van der Waals surface area contributed by atoms with E-state index in [9.17, 15) is 0 Å². The molecule has 0 aliphatic carbocycles. The molecule has 0 fully saturated rings. The second kappa shape index (κ2) is 5.99. The Balaban J connectivity index is 1.97. The van der Waals surface area contributed by atoms with Gasteiger partial charge < -0.3 is 15.6 Å². The molecule has 0 amide bonds. The zero-order valence-electron chi connectivity index (χ0n) is 13.7. The average molecular weight is 421 g/mol. The molecule has 120 valence electrons. The van der Waals surface area contributed by atoms with Crippen LogP contribution < -0.4 is 10.6 Å². The Hall–Kier alpha value is -1.83. The molecule has 0 saturated carbocycles. The van der Waals surface area contributed by atoms with Crippen LogP contribution in [0.4, 0.5) is 17.5 Å². The lowest BCUT2D eigenvalue weighted by Gasteiger charge is -2.21. The summed E-state index contributed by atoms with van der Waals surface area (Å²) in [5, 5.41) is 7.90. The molecule has 3 aromatic rings. The Labute approximate surface area is 149 Å². The van der Waals surface area contributed by atoms with Crippen LogP contribution in [0.15, 0.2) is 30.6 Å². The van der Waals surface area contributed by atoms with Crippen molar-refractivity contribution in [3.8, 4) is 0 Å². The standard InChI is InChI=1S/C17H20IN5/c1-10-9-20-16(23-17(2,3)4)22-15(10)21-13-6-5-12(18)14-11(13)7-8-19-14/h5-9,19H,1-4H3,(H2,20,21,22,23). The van der Waals surface area contributed by atoms with Crippen molar-refractivity contribution in [1.82, 2.24) is 15.0 Å². The third kappa shape index (κ3) is 3.57. The van der Waals surface area contributed by atoms with Crippen LogP contribution in [0.2, 0.25) is 0 Å². The normalized spacial score (nSPS) is 11.7. The second-order valence-electron chi connectivity index (χ2n) is 6.59. The van der Waals surface area contributed by atoms with E-state index in [0.29, 0.717) is 5.95 Å². The number of hydrogen-bond acceptors (Lipinski definition) is 4. The van der Waals surface area contributed by atoms with E-state index in [-0.39, 0.29) is 5.54 Å². The smallest absolute Gasteiger partial charge is 0.225 e. The molecule has 5 nitrogen and oxygen atoms in total. The van der Waals surface area contributed by atoms with Crippen LogP contribution in [-0.4, -0.2) is 20.5 Å². The summed E-state index contributed by atoms with van der Waals surface area (Å²) in [6.07, 6.45) is 3.79. The fourth-order valence-electron chi connectivity index (χ4n) is 2.32. The van der Waals surface area contributed by atoms with Crippen LogP contribution in [-0.2, 0) is 0 Å². The van der Waals surface area contributed by atoms with E-state index in [4.69, 9.17) is 0 Å². The highest BCUT2D eigenvalue weighted by Crippen LogP contribution is 2.29. The first-order chi connectivity index (χ1) is 10.8. The monoisotopic (exact) mass is 421 g/mol. The number of fused-ring (bicyclic) bond motifs is 1. The SMILES string of the molecule is Cc1cnc(NC(C)(C)C)nc1Nc1ccc(I)c2[nH]ccc12. The molecule has 2 aromatic heterocycles. The van der Waals surface area contributed by atoms with Crippen LogP contribution in [0, 0.1) is 10.5 Å². The predicted octanol–water partition coefficient (Wildman–Crippen LogP) is 4.82. The van der Waals surface area contributed by atoms with Crippen molar-refractivity contribution in [2.24, 2.45) is 0 Å². The maximum absolute atomic E-state index is 4.62. The van der Waals surface area contributed by atoms with Gasteiger partial charge in [0.05, 0.1) is 5.52 Å². The minimum atomic E-state index is -0.0801. The second-order valence-corrected chi connectivity index (χ2v) is 7.75. The Bertz CT molecular complexity index is 848. The van der Waals surface area contributed by atoms with E-state index in [1.165, 1.54) is 3.57 Å². The van der Waals surface area contributed by atoms with Gasteiger partial charge >= 0.3 is 0 Å². The first-order valence-electron chi connectivity index (χ1n) is 7.48. The number of halogens is 1. The van der Waals surface area contributed by atoms with Crippen molar-refractivity contribution >= 4 is 50.9 Å². The number of aryl methyl sites for hydroxylation is 1. The minimum absolute atomic E-state index is 0.0801. The Kier molecular flexibility index (Phi) is 4.18. The molecule has 0 spiro atoms. The highest BCUT2D eigenvalue weighted by molar-refractivity contribution is 14.1. The summed E-state index contributed by atoms with van der Waals surface area (Å²) >= 11 is 2.33. The number of nitrogens with zero attached hydrogens (tertiary/aromatic N) is 2. The van der Waals surface area contributed by atoms with E-state index in [2.05, 4.69) is 87.1 Å². The Morgan fingerprint density at radius 2 is 1.96 bits per heavy atom. The molecule has 0 aliphatic heterocycles. The molecule has 0 bridgehead atoms. The van der Waals surface area contributed by atoms with Crippen LogP contribution in [0.1, 0.15) is 26.3 Å². The highest BCUT2D eigenvalue weighted by Gasteiger charge is 2.13. The number of benzene rings is 1. The van der Waals surface area contributed by atoms with E-state index >= 15 is 0 Å². The van der Waals surface area contributed by atoms with Gasteiger partial charge in [-0.3, -0.25) is 0 Å². The molecule has 1 aromatic carbocycles. The zero-order chi connectivity index (χ0) is 16.6. The van der Waals surface area contributed by atoms with Gasteiger partial charge in [0, 0.05) is 38.1 Å². The molecule has 0 atom stereocenters. The van der Waals surface area contributed by atoms with Crippen molar-refractivity contribution < 1.29 is 0 Å². The topological polar surface area (TPSA) is 65.6 Å². The summed E-state index contributed by atoms with van der Waals surface area (Å²) < 4.78 is 1.20. The summed E-state index contributed by atoms with van der Waals surface area (Å²) in [6, 6.07) is 6.24. The molecule has 3 rings (SSSR count). The molecule has 6 heteroatoms. The number of H-pyrrole nitrogens is 1. The first kappa shape index (κ1) is 16.0. The summed E-state index contributed by atoms with van der Waals surface area (Å²) in [6.45, 7) is 8.27. The molecular weight excluding hydrogens is 401 g/mol. The lowest BCUT2D eigenvalue weighted by molar-refractivity contribution is 0.626. The predicted molar refractivity (Wildman–Crippen MR) is 104 cm³/mol. The van der Waals surface area contributed by atoms with Gasteiger partial charge in [-0.15, -0.1) is 0 Å². The maximum atomic E-state index is 4.62. The molecule has 3 N–H and O–H groups in total. The molecule has 0 unspecified atom stereocenters. The lowest BCUT2D eigenvalue weighted by atomic mass is 10.1. The Morgan fingerprint density at radius 1 is 1.17 bits per heavy atom. The van der Waals surface area contributed by atoms with Crippen molar-refractivity contribution in [3.63, 3.8) is 0 Å². The summed E-state index contributed by atoms with van der Waals surface area (Å²) in [7, 11) is 0. The zero-order valence-corrected chi connectivity index (χ0v) is 15.8. The number of hydrogen-bond donors (Lipinski definition) is 3. The van der Waals surface area contributed by atoms with Crippen LogP contribution in [0.3, 0.4) is 0 Å². The molecule has 23 heavy (non-hydrogen) atoms. The van der Waals surface area contributed by atoms with Crippen molar-refractivity contribution in [2.75, 3.05) is 10.6 Å². The third-order valence-corrected chi connectivity index (χ3v) is 4.28. The van der Waals surface area contributed by atoms with Gasteiger partial charge in [0.15, 0.2) is 0 Å². The maximum Gasteiger partial charge on any atom is 0.225 e. The Morgan fingerprint density at radius 3 is 2.70 bits per heavy atom. The van der Waals surface area contributed by atoms with E-state index in [1.807, 2.05) is 19.3 Å². The van der Waals surface area contributed by atoms with Gasteiger partial charge in [0.2, 0.25) is 5.95 Å². The number of aromatic nitrogens is 3. The lowest BCUT2D eigenvalue weighted by Crippen LogP contribution is -2.27. The summed E-state index contributed by atoms with van der Waals surface area (Å²) in [5.74, 6) is 1.44. The minimum Gasteiger partial charge on any atom is -0.360 e. The first-order valence-corrected chi connectivity index (χ1v) is 8.56.